The van der Waals surface area contributed by atoms with Crippen LogP contribution < -0.4 is 15.2 Å². The lowest BCUT2D eigenvalue weighted by atomic mass is 10.2. The van der Waals surface area contributed by atoms with Crippen molar-refractivity contribution >= 4 is 17.5 Å². The molecule has 0 bridgehead atoms. The summed E-state index contributed by atoms with van der Waals surface area (Å²) < 4.78 is 1.70. The van der Waals surface area contributed by atoms with E-state index in [0.717, 1.165) is 18.5 Å². The summed E-state index contributed by atoms with van der Waals surface area (Å²) >= 11 is 0. The van der Waals surface area contributed by atoms with Crippen molar-refractivity contribution in [3.05, 3.63) is 60.4 Å². The lowest BCUT2D eigenvalue weighted by Gasteiger charge is -2.04. The third kappa shape index (κ3) is 5.54. The second-order valence-corrected chi connectivity index (χ2v) is 5.29. The molecule has 0 saturated heterocycles. The Morgan fingerprint density at radius 1 is 1.09 bits per heavy atom. The number of amides is 2. The summed E-state index contributed by atoms with van der Waals surface area (Å²) in [5, 5.41) is 5.69. The van der Waals surface area contributed by atoms with Crippen molar-refractivity contribution in [3.63, 3.8) is 0 Å². The Balaban J connectivity index is 1.94. The van der Waals surface area contributed by atoms with E-state index in [2.05, 4.69) is 17.6 Å². The minimum atomic E-state index is -0.134. The zero-order valence-corrected chi connectivity index (χ0v) is 13.3. The van der Waals surface area contributed by atoms with Gasteiger partial charge in [0.1, 0.15) is 5.56 Å². The van der Waals surface area contributed by atoms with Crippen molar-refractivity contribution in [2.45, 2.75) is 26.3 Å². The van der Waals surface area contributed by atoms with Gasteiger partial charge in [-0.25, -0.2) is 0 Å². The van der Waals surface area contributed by atoms with Crippen LogP contribution in [0, 0.1) is 0 Å². The van der Waals surface area contributed by atoms with Crippen molar-refractivity contribution in [3.8, 4) is 0 Å². The highest BCUT2D eigenvalue weighted by molar-refractivity contribution is 5.93. The van der Waals surface area contributed by atoms with Crippen LogP contribution in [0.3, 0.4) is 0 Å². The van der Waals surface area contributed by atoms with Crippen LogP contribution in [-0.4, -0.2) is 18.4 Å². The third-order valence-electron chi connectivity index (χ3n) is 3.32. The fourth-order valence-corrected chi connectivity index (χ4v) is 2.12. The van der Waals surface area contributed by atoms with E-state index in [1.54, 1.807) is 29.1 Å². The van der Waals surface area contributed by atoms with E-state index in [1.807, 2.05) is 30.3 Å². The Labute approximate surface area is 136 Å². The van der Waals surface area contributed by atoms with E-state index < -0.39 is 0 Å². The van der Waals surface area contributed by atoms with Gasteiger partial charge in [-0.2, -0.15) is 4.57 Å². The van der Waals surface area contributed by atoms with E-state index in [9.17, 15) is 9.59 Å². The summed E-state index contributed by atoms with van der Waals surface area (Å²) in [6.07, 6.45) is 5.45. The van der Waals surface area contributed by atoms with E-state index in [4.69, 9.17) is 0 Å². The molecule has 120 valence electrons. The first kappa shape index (κ1) is 16.7. The molecule has 23 heavy (non-hydrogen) atoms. The first-order chi connectivity index (χ1) is 11.2. The van der Waals surface area contributed by atoms with Crippen molar-refractivity contribution in [2.24, 2.45) is 0 Å². The van der Waals surface area contributed by atoms with Crippen LogP contribution >= 0.6 is 0 Å². The molecule has 5 heteroatoms. The molecule has 5 nitrogen and oxygen atoms in total. The number of nitrogens with zero attached hydrogens (tertiary/aromatic N) is 1. The molecule has 0 spiro atoms. The van der Waals surface area contributed by atoms with Gasteiger partial charge in [-0.15, -0.1) is 0 Å². The SMILES string of the molecule is CCCCNC(=O)c1ccc[n+](CC(=O)Nc2ccccc2)c1. The normalized spacial score (nSPS) is 10.1. The molecule has 0 radical (unpaired) electrons. The smallest absolute Gasteiger partial charge is 0.290 e. The number of pyridine rings is 1. The summed E-state index contributed by atoms with van der Waals surface area (Å²) in [4.78, 5) is 24.1. The lowest BCUT2D eigenvalue weighted by Crippen LogP contribution is -2.41. The van der Waals surface area contributed by atoms with Gasteiger partial charge in [0.25, 0.3) is 11.8 Å². The van der Waals surface area contributed by atoms with Crippen LogP contribution in [0.2, 0.25) is 0 Å². The number of rotatable bonds is 7. The number of para-hydroxylation sites is 1. The van der Waals surface area contributed by atoms with Crippen LogP contribution in [-0.2, 0) is 11.3 Å². The predicted octanol–water partition coefficient (Wildman–Crippen LogP) is 2.14. The summed E-state index contributed by atoms with van der Waals surface area (Å²) in [6.45, 7) is 2.90. The summed E-state index contributed by atoms with van der Waals surface area (Å²) in [6, 6.07) is 12.8. The van der Waals surface area contributed by atoms with Crippen LogP contribution in [0.5, 0.6) is 0 Å². The monoisotopic (exact) mass is 312 g/mol. The van der Waals surface area contributed by atoms with Gasteiger partial charge in [-0.05, 0) is 24.6 Å². The van der Waals surface area contributed by atoms with Gasteiger partial charge in [0.2, 0.25) is 6.54 Å². The van der Waals surface area contributed by atoms with E-state index in [-0.39, 0.29) is 18.4 Å². The van der Waals surface area contributed by atoms with E-state index in [1.165, 1.54) is 0 Å². The zero-order valence-electron chi connectivity index (χ0n) is 13.3. The number of carbonyl (C=O) groups excluding carboxylic acids is 2. The highest BCUT2D eigenvalue weighted by Gasteiger charge is 2.13. The molecule has 2 aromatic rings. The molecule has 0 atom stereocenters. The molecule has 0 aliphatic heterocycles. The van der Waals surface area contributed by atoms with E-state index in [0.29, 0.717) is 12.1 Å². The van der Waals surface area contributed by atoms with Crippen molar-refractivity contribution in [2.75, 3.05) is 11.9 Å². The van der Waals surface area contributed by atoms with Crippen molar-refractivity contribution < 1.29 is 14.2 Å². The maximum Gasteiger partial charge on any atom is 0.290 e. The van der Waals surface area contributed by atoms with Gasteiger partial charge in [-0.3, -0.25) is 9.59 Å². The number of hydrogen-bond acceptors (Lipinski definition) is 2. The maximum atomic E-state index is 12.0. The van der Waals surface area contributed by atoms with Gasteiger partial charge < -0.3 is 10.6 Å². The van der Waals surface area contributed by atoms with Gasteiger partial charge in [0, 0.05) is 18.3 Å². The molecule has 2 rings (SSSR count). The number of benzene rings is 1. The summed E-state index contributed by atoms with van der Waals surface area (Å²) in [5.41, 5.74) is 1.31. The number of unbranched alkanes of at least 4 members (excludes halogenated alkanes) is 1. The second-order valence-electron chi connectivity index (χ2n) is 5.29. The minimum absolute atomic E-state index is 0.115. The van der Waals surface area contributed by atoms with Crippen LogP contribution in [0.1, 0.15) is 30.1 Å². The highest BCUT2D eigenvalue weighted by Crippen LogP contribution is 2.04. The summed E-state index contributed by atoms with van der Waals surface area (Å²) in [5.74, 6) is -0.249. The molecular formula is C18H22N3O2+. The molecule has 1 aromatic heterocycles. The van der Waals surface area contributed by atoms with Gasteiger partial charge in [-0.1, -0.05) is 31.5 Å². The van der Waals surface area contributed by atoms with Crippen molar-refractivity contribution in [1.29, 1.82) is 0 Å². The molecule has 0 saturated carbocycles. The maximum absolute atomic E-state index is 12.0. The Morgan fingerprint density at radius 2 is 1.87 bits per heavy atom. The average Bonchev–Trinajstić information content (AvgIpc) is 2.56. The zero-order chi connectivity index (χ0) is 16.5. The largest absolute Gasteiger partial charge is 0.352 e. The number of anilines is 1. The second kappa shape index (κ2) is 8.68. The quantitative estimate of drug-likeness (QED) is 0.608. The predicted molar refractivity (Wildman–Crippen MR) is 88.9 cm³/mol. The number of aromatic nitrogens is 1. The first-order valence-electron chi connectivity index (χ1n) is 7.81. The topological polar surface area (TPSA) is 62.1 Å². The molecule has 2 amide bonds. The molecule has 0 aliphatic rings. The molecule has 1 heterocycles. The molecule has 0 aliphatic carbocycles. The number of carbonyl (C=O) groups is 2. The van der Waals surface area contributed by atoms with Gasteiger partial charge >= 0.3 is 0 Å². The number of hydrogen-bond donors (Lipinski definition) is 2. The molecule has 0 unspecified atom stereocenters. The standard InChI is InChI=1S/C18H21N3O2/c1-2-3-11-19-18(23)15-8-7-12-21(13-15)14-17(22)20-16-9-5-4-6-10-16/h4-10,12-13H,2-3,11,14H2,1H3,(H-,19,20,22,23)/p+1. The Bertz CT molecular complexity index is 656. The molecule has 0 fully saturated rings. The Hall–Kier alpha value is -2.69. The third-order valence-corrected chi connectivity index (χ3v) is 3.32. The highest BCUT2D eigenvalue weighted by atomic mass is 16.2. The lowest BCUT2D eigenvalue weighted by molar-refractivity contribution is -0.684. The van der Waals surface area contributed by atoms with Gasteiger partial charge in [0.05, 0.1) is 0 Å². The van der Waals surface area contributed by atoms with Crippen molar-refractivity contribution in [1.82, 2.24) is 5.32 Å². The fourth-order valence-electron chi connectivity index (χ4n) is 2.12. The van der Waals surface area contributed by atoms with Crippen LogP contribution in [0.15, 0.2) is 54.9 Å². The summed E-state index contributed by atoms with van der Waals surface area (Å²) in [7, 11) is 0. The minimum Gasteiger partial charge on any atom is -0.352 e. The molecule has 2 N–H and O–H groups in total. The first-order valence-corrected chi connectivity index (χ1v) is 7.81. The van der Waals surface area contributed by atoms with Crippen LogP contribution in [0.25, 0.3) is 0 Å². The number of nitrogens with one attached hydrogen (secondary N) is 2. The average molecular weight is 312 g/mol. The molecular weight excluding hydrogens is 290 g/mol. The van der Waals surface area contributed by atoms with E-state index >= 15 is 0 Å². The fraction of sp³-hybridized carbons (Fsp3) is 0.278. The Kier molecular flexibility index (Phi) is 6.29. The van der Waals surface area contributed by atoms with Crippen LogP contribution in [0.4, 0.5) is 5.69 Å². The molecule has 1 aromatic carbocycles. The Morgan fingerprint density at radius 3 is 2.61 bits per heavy atom. The van der Waals surface area contributed by atoms with Gasteiger partial charge in [0.15, 0.2) is 12.4 Å².